The van der Waals surface area contributed by atoms with Gasteiger partial charge >= 0.3 is 0 Å². The normalized spacial score (nSPS) is 12.4. The Labute approximate surface area is 122 Å². The van der Waals surface area contributed by atoms with Crippen LogP contribution in [0.15, 0.2) is 30.6 Å². The maximum atomic E-state index is 12.3. The maximum absolute atomic E-state index is 12.3. The number of carbonyl (C=O) groups is 1. The summed E-state index contributed by atoms with van der Waals surface area (Å²) >= 11 is 5.84. The third kappa shape index (κ3) is 3.17. The van der Waals surface area contributed by atoms with Crippen molar-refractivity contribution < 1.29 is 9.53 Å². The lowest BCUT2D eigenvalue weighted by Gasteiger charge is -2.20. The number of halogens is 1. The van der Waals surface area contributed by atoms with Crippen molar-refractivity contribution >= 4 is 17.4 Å². The topological polar surface area (TPSA) is 57.0 Å². The number of aryl methyl sites for hydroxylation is 1. The quantitative estimate of drug-likeness (QED) is 0.850. The number of hydrogen-bond acceptors (Lipinski definition) is 4. The summed E-state index contributed by atoms with van der Waals surface area (Å²) in [5.74, 6) is 0.950. The number of nitrogens with zero attached hydrogens (tertiary/aromatic N) is 3. The molecule has 0 aliphatic rings. The standard InChI is InChI=1S/C14H16ClN3O2/c1-9(2)13(19)14(18-10(3)16-8-17-18)20-12-6-4-11(15)5-7-12/h4-9,14H,1-3H3. The van der Waals surface area contributed by atoms with E-state index < -0.39 is 6.23 Å². The van der Waals surface area contributed by atoms with Crippen LogP contribution in [-0.2, 0) is 4.79 Å². The van der Waals surface area contributed by atoms with Crippen molar-refractivity contribution in [1.82, 2.24) is 14.8 Å². The van der Waals surface area contributed by atoms with Crippen molar-refractivity contribution in [3.63, 3.8) is 0 Å². The number of ketones is 1. The van der Waals surface area contributed by atoms with Crippen molar-refractivity contribution in [1.29, 1.82) is 0 Å². The zero-order valence-electron chi connectivity index (χ0n) is 11.6. The van der Waals surface area contributed by atoms with E-state index in [1.807, 2.05) is 13.8 Å². The van der Waals surface area contributed by atoms with Gasteiger partial charge in [-0.1, -0.05) is 25.4 Å². The fourth-order valence-electron chi connectivity index (χ4n) is 1.69. The highest BCUT2D eigenvalue weighted by Crippen LogP contribution is 2.22. The van der Waals surface area contributed by atoms with Gasteiger partial charge in [0.25, 0.3) is 6.23 Å². The zero-order valence-corrected chi connectivity index (χ0v) is 12.3. The molecule has 0 radical (unpaired) electrons. The largest absolute Gasteiger partial charge is 0.461 e. The molecule has 1 unspecified atom stereocenters. The third-order valence-corrected chi connectivity index (χ3v) is 3.10. The molecule has 0 spiro atoms. The summed E-state index contributed by atoms with van der Waals surface area (Å²) in [6, 6.07) is 6.86. The van der Waals surface area contributed by atoms with Crippen molar-refractivity contribution in [2.24, 2.45) is 5.92 Å². The lowest BCUT2D eigenvalue weighted by Crippen LogP contribution is -2.30. The average molecular weight is 294 g/mol. The van der Waals surface area contributed by atoms with Gasteiger partial charge in [0, 0.05) is 10.9 Å². The summed E-state index contributed by atoms with van der Waals surface area (Å²) in [4.78, 5) is 16.4. The van der Waals surface area contributed by atoms with E-state index in [-0.39, 0.29) is 11.7 Å². The van der Waals surface area contributed by atoms with Gasteiger partial charge in [-0.25, -0.2) is 9.67 Å². The second-order valence-electron chi connectivity index (χ2n) is 4.73. The van der Waals surface area contributed by atoms with Crippen LogP contribution in [0.25, 0.3) is 0 Å². The predicted molar refractivity (Wildman–Crippen MR) is 75.7 cm³/mol. The van der Waals surface area contributed by atoms with Gasteiger partial charge in [-0.15, -0.1) is 0 Å². The van der Waals surface area contributed by atoms with Gasteiger partial charge in [-0.2, -0.15) is 5.10 Å². The van der Waals surface area contributed by atoms with Gasteiger partial charge in [-0.3, -0.25) is 4.79 Å². The van der Waals surface area contributed by atoms with Crippen LogP contribution in [0.2, 0.25) is 5.02 Å². The lowest BCUT2D eigenvalue weighted by atomic mass is 10.1. The zero-order chi connectivity index (χ0) is 14.7. The van der Waals surface area contributed by atoms with E-state index in [0.29, 0.717) is 16.6 Å². The van der Waals surface area contributed by atoms with E-state index in [1.165, 1.54) is 11.0 Å². The molecule has 5 nitrogen and oxygen atoms in total. The van der Waals surface area contributed by atoms with Crippen molar-refractivity contribution in [3.05, 3.63) is 41.4 Å². The molecule has 0 aliphatic carbocycles. The van der Waals surface area contributed by atoms with Gasteiger partial charge in [-0.05, 0) is 31.2 Å². The summed E-state index contributed by atoms with van der Waals surface area (Å²) in [6.07, 6.45) is 0.583. The van der Waals surface area contributed by atoms with Crippen LogP contribution < -0.4 is 4.74 Å². The molecule has 1 atom stereocenters. The molecule has 0 aliphatic heterocycles. The molecule has 0 saturated heterocycles. The van der Waals surface area contributed by atoms with Crippen molar-refractivity contribution in [2.75, 3.05) is 0 Å². The minimum Gasteiger partial charge on any atom is -0.461 e. The molecular formula is C14H16ClN3O2. The average Bonchev–Trinajstić information content (AvgIpc) is 2.83. The highest BCUT2D eigenvalue weighted by molar-refractivity contribution is 6.30. The van der Waals surface area contributed by atoms with E-state index in [0.717, 1.165) is 0 Å². The Kier molecular flexibility index (Phi) is 4.39. The highest BCUT2D eigenvalue weighted by atomic mass is 35.5. The van der Waals surface area contributed by atoms with Crippen LogP contribution >= 0.6 is 11.6 Å². The summed E-state index contributed by atoms with van der Waals surface area (Å²) in [7, 11) is 0. The van der Waals surface area contributed by atoms with Crippen molar-refractivity contribution in [3.8, 4) is 5.75 Å². The Hall–Kier alpha value is -1.88. The van der Waals surface area contributed by atoms with Crippen LogP contribution in [0, 0.1) is 12.8 Å². The summed E-state index contributed by atoms with van der Waals surface area (Å²) < 4.78 is 7.25. The van der Waals surface area contributed by atoms with Crippen LogP contribution in [0.1, 0.15) is 25.9 Å². The first kappa shape index (κ1) is 14.5. The molecule has 106 valence electrons. The van der Waals surface area contributed by atoms with E-state index in [2.05, 4.69) is 10.1 Å². The molecule has 1 heterocycles. The molecular weight excluding hydrogens is 278 g/mol. The summed E-state index contributed by atoms with van der Waals surface area (Å²) in [5, 5.41) is 4.68. The number of carbonyl (C=O) groups excluding carboxylic acids is 1. The highest BCUT2D eigenvalue weighted by Gasteiger charge is 2.27. The molecule has 1 aromatic carbocycles. The van der Waals surface area contributed by atoms with Gasteiger partial charge < -0.3 is 4.74 Å². The van der Waals surface area contributed by atoms with Crippen LogP contribution in [0.5, 0.6) is 5.75 Å². The Morgan fingerprint density at radius 1 is 1.30 bits per heavy atom. The number of benzene rings is 1. The first-order chi connectivity index (χ1) is 9.49. The van der Waals surface area contributed by atoms with Gasteiger partial charge in [0.2, 0.25) is 0 Å². The van der Waals surface area contributed by atoms with Crippen LogP contribution in [0.3, 0.4) is 0 Å². The van der Waals surface area contributed by atoms with Gasteiger partial charge in [0.15, 0.2) is 5.78 Å². The molecule has 0 saturated carbocycles. The molecule has 0 bridgehead atoms. The molecule has 2 aromatic rings. The first-order valence-electron chi connectivity index (χ1n) is 6.31. The SMILES string of the molecule is Cc1ncnn1C(Oc1ccc(Cl)cc1)C(=O)C(C)C. The second kappa shape index (κ2) is 6.05. The van der Waals surface area contributed by atoms with E-state index in [4.69, 9.17) is 16.3 Å². The van der Waals surface area contributed by atoms with E-state index in [1.54, 1.807) is 31.2 Å². The minimum absolute atomic E-state index is 0.0615. The molecule has 1 aromatic heterocycles. The Balaban J connectivity index is 2.30. The lowest BCUT2D eigenvalue weighted by molar-refractivity contribution is -0.133. The molecule has 6 heteroatoms. The van der Waals surface area contributed by atoms with Crippen molar-refractivity contribution in [2.45, 2.75) is 27.0 Å². The maximum Gasteiger partial charge on any atom is 0.252 e. The smallest absolute Gasteiger partial charge is 0.252 e. The fourth-order valence-corrected chi connectivity index (χ4v) is 1.82. The fraction of sp³-hybridized carbons (Fsp3) is 0.357. The van der Waals surface area contributed by atoms with Gasteiger partial charge in [0.05, 0.1) is 0 Å². The van der Waals surface area contributed by atoms with E-state index >= 15 is 0 Å². The molecule has 0 N–H and O–H groups in total. The molecule has 0 amide bonds. The number of hydrogen-bond donors (Lipinski definition) is 0. The minimum atomic E-state index is -0.821. The number of ether oxygens (including phenoxy) is 1. The number of aromatic nitrogens is 3. The Morgan fingerprint density at radius 2 is 1.95 bits per heavy atom. The Bertz CT molecular complexity index is 593. The summed E-state index contributed by atoms with van der Waals surface area (Å²) in [6.45, 7) is 5.43. The molecule has 2 rings (SSSR count). The predicted octanol–water partition coefficient (Wildman–Crippen LogP) is 3.04. The number of rotatable bonds is 5. The number of Topliss-reactive ketones (excluding diaryl/α,β-unsaturated/α-hetero) is 1. The van der Waals surface area contributed by atoms with Crippen LogP contribution in [-0.4, -0.2) is 20.5 Å². The Morgan fingerprint density at radius 3 is 2.45 bits per heavy atom. The monoisotopic (exact) mass is 293 g/mol. The molecule has 20 heavy (non-hydrogen) atoms. The van der Waals surface area contributed by atoms with Crippen LogP contribution in [0.4, 0.5) is 0 Å². The van der Waals surface area contributed by atoms with Gasteiger partial charge in [0.1, 0.15) is 17.9 Å². The third-order valence-electron chi connectivity index (χ3n) is 2.85. The van der Waals surface area contributed by atoms with E-state index in [9.17, 15) is 4.79 Å². The first-order valence-corrected chi connectivity index (χ1v) is 6.69. The second-order valence-corrected chi connectivity index (χ2v) is 5.17. The molecule has 0 fully saturated rings. The summed E-state index contributed by atoms with van der Waals surface area (Å²) in [5.41, 5.74) is 0.